The van der Waals surface area contributed by atoms with Crippen LogP contribution in [0.5, 0.6) is 0 Å². The lowest BCUT2D eigenvalue weighted by Gasteiger charge is -2.21. The first-order valence-corrected chi connectivity index (χ1v) is 11.5. The number of fused-ring (bicyclic) bond motifs is 1. The minimum atomic E-state index is 0.182. The Kier molecular flexibility index (Phi) is 5.44. The highest BCUT2D eigenvalue weighted by Crippen LogP contribution is 2.34. The molecular weight excluding hydrogens is 368 g/mol. The molecule has 3 nitrogen and oxygen atoms in total. The Bertz CT molecular complexity index is 1010. The van der Waals surface area contributed by atoms with Gasteiger partial charge in [0.05, 0.1) is 5.69 Å². The second kappa shape index (κ2) is 8.51. The number of aromatic nitrogens is 1. The zero-order valence-corrected chi connectivity index (χ0v) is 17.6. The summed E-state index contributed by atoms with van der Waals surface area (Å²) in [7, 11) is 0. The standard InChI is InChI=1S/C27H30N2O/c30-27(28-18-8-1-2-9-19-28)22-14-16-24(17-15-22)29-25-13-7-6-12-23(25)20-26(29)21-10-4-3-5-11-21/h3-5,10-11,14-17,20H,1-2,6-9,12-13,18-19H2. The lowest BCUT2D eigenvalue weighted by Crippen LogP contribution is -2.31. The fourth-order valence-corrected chi connectivity index (χ4v) is 5.02. The Morgan fingerprint density at radius 3 is 2.17 bits per heavy atom. The minimum absolute atomic E-state index is 0.182. The molecule has 154 valence electrons. The molecule has 1 saturated heterocycles. The number of amides is 1. The second-order valence-electron chi connectivity index (χ2n) is 8.66. The van der Waals surface area contributed by atoms with Crippen LogP contribution in [0.3, 0.4) is 0 Å². The van der Waals surface area contributed by atoms with Crippen LogP contribution in [0.2, 0.25) is 0 Å². The molecule has 0 atom stereocenters. The number of rotatable bonds is 3. The number of nitrogens with zero attached hydrogens (tertiary/aromatic N) is 2. The van der Waals surface area contributed by atoms with Crippen molar-refractivity contribution in [2.45, 2.75) is 51.4 Å². The molecule has 0 bridgehead atoms. The molecule has 1 aromatic heterocycles. The summed E-state index contributed by atoms with van der Waals surface area (Å²) in [4.78, 5) is 15.0. The quantitative estimate of drug-likeness (QED) is 0.528. The summed E-state index contributed by atoms with van der Waals surface area (Å²) >= 11 is 0. The van der Waals surface area contributed by atoms with Gasteiger partial charge in [-0.25, -0.2) is 0 Å². The summed E-state index contributed by atoms with van der Waals surface area (Å²) < 4.78 is 2.42. The molecular formula is C27H30N2O. The fraction of sp³-hybridized carbons (Fsp3) is 0.370. The van der Waals surface area contributed by atoms with Gasteiger partial charge in [0, 0.05) is 30.0 Å². The molecule has 1 aliphatic carbocycles. The van der Waals surface area contributed by atoms with Crippen molar-refractivity contribution in [2.75, 3.05) is 13.1 Å². The van der Waals surface area contributed by atoms with Gasteiger partial charge in [0.15, 0.2) is 0 Å². The molecule has 1 amide bonds. The molecule has 1 fully saturated rings. The van der Waals surface area contributed by atoms with E-state index in [1.54, 1.807) is 0 Å². The van der Waals surface area contributed by atoms with Gasteiger partial charge in [-0.3, -0.25) is 4.79 Å². The second-order valence-corrected chi connectivity index (χ2v) is 8.66. The molecule has 0 radical (unpaired) electrons. The summed E-state index contributed by atoms with van der Waals surface area (Å²) in [5, 5.41) is 0. The lowest BCUT2D eigenvalue weighted by molar-refractivity contribution is 0.0761. The maximum absolute atomic E-state index is 13.0. The van der Waals surface area contributed by atoms with Crippen LogP contribution in [-0.2, 0) is 12.8 Å². The van der Waals surface area contributed by atoms with Crippen LogP contribution in [0.1, 0.15) is 60.1 Å². The van der Waals surface area contributed by atoms with E-state index in [4.69, 9.17) is 0 Å². The number of hydrogen-bond donors (Lipinski definition) is 0. The average Bonchev–Trinajstić information content (AvgIpc) is 2.98. The van der Waals surface area contributed by atoms with E-state index in [-0.39, 0.29) is 5.91 Å². The Labute approximate surface area is 179 Å². The molecule has 2 heterocycles. The molecule has 30 heavy (non-hydrogen) atoms. The molecule has 0 unspecified atom stereocenters. The number of benzene rings is 2. The summed E-state index contributed by atoms with van der Waals surface area (Å²) in [5.41, 5.74) is 7.38. The molecule has 3 heteroatoms. The highest BCUT2D eigenvalue weighted by atomic mass is 16.2. The lowest BCUT2D eigenvalue weighted by atomic mass is 9.98. The highest BCUT2D eigenvalue weighted by molar-refractivity contribution is 5.94. The van der Waals surface area contributed by atoms with Crippen molar-refractivity contribution in [2.24, 2.45) is 0 Å². The molecule has 0 N–H and O–H groups in total. The Hall–Kier alpha value is -2.81. The number of likely N-dealkylation sites (tertiary alicyclic amines) is 1. The van der Waals surface area contributed by atoms with E-state index in [9.17, 15) is 4.79 Å². The van der Waals surface area contributed by atoms with Crippen LogP contribution >= 0.6 is 0 Å². The first kappa shape index (κ1) is 19.2. The molecule has 5 rings (SSSR count). The van der Waals surface area contributed by atoms with Crippen molar-refractivity contribution in [1.82, 2.24) is 9.47 Å². The van der Waals surface area contributed by atoms with Gasteiger partial charge in [-0.2, -0.15) is 0 Å². The maximum atomic E-state index is 13.0. The van der Waals surface area contributed by atoms with Crippen LogP contribution in [0.15, 0.2) is 60.7 Å². The van der Waals surface area contributed by atoms with Gasteiger partial charge in [-0.15, -0.1) is 0 Å². The van der Waals surface area contributed by atoms with Crippen molar-refractivity contribution in [3.05, 3.63) is 77.5 Å². The first-order valence-electron chi connectivity index (χ1n) is 11.5. The fourth-order valence-electron chi connectivity index (χ4n) is 5.02. The molecule has 2 aliphatic rings. The third kappa shape index (κ3) is 3.69. The van der Waals surface area contributed by atoms with Gasteiger partial charge in [0.2, 0.25) is 0 Å². The smallest absolute Gasteiger partial charge is 0.253 e. The SMILES string of the molecule is O=C(c1ccc(-n2c(-c3ccccc3)cc3c2CCCC3)cc1)N1CCCCCC1. The monoisotopic (exact) mass is 398 g/mol. The Morgan fingerprint density at radius 1 is 0.733 bits per heavy atom. The van der Waals surface area contributed by atoms with Gasteiger partial charge in [0.25, 0.3) is 5.91 Å². The Morgan fingerprint density at radius 2 is 1.43 bits per heavy atom. The van der Waals surface area contributed by atoms with Gasteiger partial charge >= 0.3 is 0 Å². The molecule has 0 spiro atoms. The number of carbonyl (C=O) groups excluding carboxylic acids is 1. The van der Waals surface area contributed by atoms with Crippen molar-refractivity contribution < 1.29 is 4.79 Å². The minimum Gasteiger partial charge on any atom is -0.339 e. The van der Waals surface area contributed by atoms with Crippen LogP contribution < -0.4 is 0 Å². The van der Waals surface area contributed by atoms with E-state index in [1.165, 1.54) is 48.2 Å². The predicted octanol–water partition coefficient (Wildman–Crippen LogP) is 6.04. The van der Waals surface area contributed by atoms with Gasteiger partial charge in [-0.05, 0) is 80.0 Å². The topological polar surface area (TPSA) is 25.2 Å². The van der Waals surface area contributed by atoms with Crippen LogP contribution in [0.25, 0.3) is 16.9 Å². The summed E-state index contributed by atoms with van der Waals surface area (Å²) in [6.07, 6.45) is 9.53. The van der Waals surface area contributed by atoms with Crippen molar-refractivity contribution in [3.8, 4) is 16.9 Å². The summed E-state index contributed by atoms with van der Waals surface area (Å²) in [6.45, 7) is 1.79. The summed E-state index contributed by atoms with van der Waals surface area (Å²) in [5.74, 6) is 0.182. The van der Waals surface area contributed by atoms with Crippen LogP contribution in [0.4, 0.5) is 0 Å². The normalized spacial score (nSPS) is 16.7. The molecule has 2 aromatic carbocycles. The van der Waals surface area contributed by atoms with Gasteiger partial charge < -0.3 is 9.47 Å². The van der Waals surface area contributed by atoms with E-state index >= 15 is 0 Å². The molecule has 3 aromatic rings. The molecule has 0 saturated carbocycles. The number of carbonyl (C=O) groups is 1. The van der Waals surface area contributed by atoms with E-state index in [0.717, 1.165) is 50.0 Å². The number of hydrogen-bond acceptors (Lipinski definition) is 1. The van der Waals surface area contributed by atoms with E-state index in [1.807, 2.05) is 17.0 Å². The largest absolute Gasteiger partial charge is 0.339 e. The van der Waals surface area contributed by atoms with Crippen molar-refractivity contribution >= 4 is 5.91 Å². The zero-order chi connectivity index (χ0) is 20.3. The third-order valence-electron chi connectivity index (χ3n) is 6.64. The third-order valence-corrected chi connectivity index (χ3v) is 6.64. The van der Waals surface area contributed by atoms with Crippen LogP contribution in [0, 0.1) is 0 Å². The average molecular weight is 399 g/mol. The van der Waals surface area contributed by atoms with Gasteiger partial charge in [0.1, 0.15) is 0 Å². The summed E-state index contributed by atoms with van der Waals surface area (Å²) in [6, 6.07) is 21.3. The van der Waals surface area contributed by atoms with Crippen LogP contribution in [-0.4, -0.2) is 28.5 Å². The van der Waals surface area contributed by atoms with E-state index in [0.29, 0.717) is 0 Å². The zero-order valence-electron chi connectivity index (χ0n) is 17.6. The van der Waals surface area contributed by atoms with Crippen molar-refractivity contribution in [1.29, 1.82) is 0 Å². The predicted molar refractivity (Wildman–Crippen MR) is 122 cm³/mol. The number of aryl methyl sites for hydroxylation is 1. The molecule has 1 aliphatic heterocycles. The highest BCUT2D eigenvalue weighted by Gasteiger charge is 2.21. The van der Waals surface area contributed by atoms with E-state index < -0.39 is 0 Å². The first-order chi connectivity index (χ1) is 14.8. The van der Waals surface area contributed by atoms with E-state index in [2.05, 4.69) is 53.1 Å². The Balaban J connectivity index is 1.50. The van der Waals surface area contributed by atoms with Crippen molar-refractivity contribution in [3.63, 3.8) is 0 Å². The maximum Gasteiger partial charge on any atom is 0.253 e. The van der Waals surface area contributed by atoms with Gasteiger partial charge in [-0.1, -0.05) is 43.2 Å².